The van der Waals surface area contributed by atoms with Crippen molar-refractivity contribution in [2.75, 3.05) is 0 Å². The van der Waals surface area contributed by atoms with Crippen LogP contribution in [0.1, 0.15) is 21.7 Å². The molecular formula is C24H12ClF6N3O2. The van der Waals surface area contributed by atoms with E-state index in [2.05, 4.69) is 15.0 Å². The predicted molar refractivity (Wildman–Crippen MR) is 118 cm³/mol. The molecule has 0 unspecified atom stereocenters. The predicted octanol–water partition coefficient (Wildman–Crippen LogP) is 7.26. The maximum atomic E-state index is 13.6. The van der Waals surface area contributed by atoms with Crippen molar-refractivity contribution in [1.82, 2.24) is 15.0 Å². The van der Waals surface area contributed by atoms with Gasteiger partial charge < -0.3 is 5.11 Å². The molecule has 0 fully saturated rings. The quantitative estimate of drug-likeness (QED) is 0.285. The van der Waals surface area contributed by atoms with Crippen molar-refractivity contribution < 1.29 is 36.2 Å². The largest absolute Gasteiger partial charge is 0.478 e. The van der Waals surface area contributed by atoms with E-state index in [0.717, 1.165) is 12.3 Å². The molecule has 4 rings (SSSR count). The number of rotatable bonds is 4. The van der Waals surface area contributed by atoms with Crippen molar-refractivity contribution in [2.45, 2.75) is 12.4 Å². The molecule has 0 aliphatic carbocycles. The molecular weight excluding hydrogens is 512 g/mol. The molecule has 2 aromatic heterocycles. The van der Waals surface area contributed by atoms with Gasteiger partial charge in [-0.25, -0.2) is 14.8 Å². The van der Waals surface area contributed by atoms with Gasteiger partial charge in [0.25, 0.3) is 0 Å². The summed E-state index contributed by atoms with van der Waals surface area (Å²) in [5, 5.41) is 9.10. The minimum Gasteiger partial charge on any atom is -0.478 e. The van der Waals surface area contributed by atoms with Gasteiger partial charge in [0, 0.05) is 17.3 Å². The van der Waals surface area contributed by atoms with E-state index in [0.29, 0.717) is 23.3 Å². The number of hydrogen-bond acceptors (Lipinski definition) is 4. The Morgan fingerprint density at radius 2 is 1.39 bits per heavy atom. The van der Waals surface area contributed by atoms with Gasteiger partial charge in [-0.2, -0.15) is 26.3 Å². The maximum absolute atomic E-state index is 13.6. The van der Waals surface area contributed by atoms with Crippen LogP contribution in [0.5, 0.6) is 0 Å². The van der Waals surface area contributed by atoms with Gasteiger partial charge in [-0.1, -0.05) is 35.9 Å². The Kier molecular flexibility index (Phi) is 6.44. The molecule has 0 saturated heterocycles. The third-order valence-corrected chi connectivity index (χ3v) is 5.33. The molecule has 12 heteroatoms. The smallest absolute Gasteiger partial charge is 0.433 e. The average molecular weight is 524 g/mol. The summed E-state index contributed by atoms with van der Waals surface area (Å²) in [6.07, 6.45) is -8.78. The summed E-state index contributed by atoms with van der Waals surface area (Å²) >= 11 is 6.02. The SMILES string of the molecule is O=C(O)c1ccc(-c2cccc(-c3nc(-c4ccc(C(F)(F)F)nc4)cc(C(F)(F)F)n3)c2)cc1Cl. The fourth-order valence-corrected chi connectivity index (χ4v) is 3.55. The highest BCUT2D eigenvalue weighted by Crippen LogP contribution is 2.34. The van der Waals surface area contributed by atoms with E-state index >= 15 is 0 Å². The van der Waals surface area contributed by atoms with Crippen LogP contribution in [-0.2, 0) is 12.4 Å². The number of carboxylic acid groups (broad SMARTS) is 1. The summed E-state index contributed by atoms with van der Waals surface area (Å²) in [6.45, 7) is 0. The molecule has 0 atom stereocenters. The molecule has 0 aliphatic rings. The zero-order chi connectivity index (χ0) is 26.3. The first kappa shape index (κ1) is 25.1. The van der Waals surface area contributed by atoms with Crippen LogP contribution < -0.4 is 0 Å². The van der Waals surface area contributed by atoms with Crippen LogP contribution in [0.25, 0.3) is 33.8 Å². The van der Waals surface area contributed by atoms with E-state index in [-0.39, 0.29) is 33.2 Å². The molecule has 1 N–H and O–H groups in total. The number of carboxylic acids is 1. The van der Waals surface area contributed by atoms with Gasteiger partial charge in [-0.05, 0) is 47.5 Å². The van der Waals surface area contributed by atoms with E-state index in [4.69, 9.17) is 16.7 Å². The molecule has 0 saturated carbocycles. The van der Waals surface area contributed by atoms with E-state index in [9.17, 15) is 31.1 Å². The lowest BCUT2D eigenvalue weighted by atomic mass is 10.0. The van der Waals surface area contributed by atoms with E-state index in [1.54, 1.807) is 6.07 Å². The van der Waals surface area contributed by atoms with Crippen molar-refractivity contribution in [3.63, 3.8) is 0 Å². The number of halogens is 7. The van der Waals surface area contributed by atoms with Gasteiger partial charge in [-0.15, -0.1) is 0 Å². The molecule has 4 aromatic rings. The average Bonchev–Trinajstić information content (AvgIpc) is 2.82. The fourth-order valence-electron chi connectivity index (χ4n) is 3.29. The maximum Gasteiger partial charge on any atom is 0.433 e. The van der Waals surface area contributed by atoms with Gasteiger partial charge in [0.1, 0.15) is 11.4 Å². The minimum atomic E-state index is -4.86. The Morgan fingerprint density at radius 1 is 0.750 bits per heavy atom. The third kappa shape index (κ3) is 5.30. The number of aromatic carboxylic acids is 1. The van der Waals surface area contributed by atoms with Gasteiger partial charge in [0.15, 0.2) is 5.82 Å². The van der Waals surface area contributed by atoms with Crippen LogP contribution in [0.15, 0.2) is 66.9 Å². The van der Waals surface area contributed by atoms with Crippen molar-refractivity contribution in [3.05, 3.63) is 88.8 Å². The molecule has 36 heavy (non-hydrogen) atoms. The molecule has 5 nitrogen and oxygen atoms in total. The Morgan fingerprint density at radius 3 is 1.97 bits per heavy atom. The zero-order valence-electron chi connectivity index (χ0n) is 17.7. The highest BCUT2D eigenvalue weighted by molar-refractivity contribution is 6.33. The summed E-state index contributed by atoms with van der Waals surface area (Å²) in [7, 11) is 0. The van der Waals surface area contributed by atoms with Crippen LogP contribution in [0.3, 0.4) is 0 Å². The monoisotopic (exact) mass is 523 g/mol. The van der Waals surface area contributed by atoms with Crippen molar-refractivity contribution in [1.29, 1.82) is 0 Å². The molecule has 0 amide bonds. The highest BCUT2D eigenvalue weighted by atomic mass is 35.5. The molecule has 0 radical (unpaired) electrons. The second-order valence-electron chi connectivity index (χ2n) is 7.47. The number of carbonyl (C=O) groups is 1. The molecule has 0 aliphatic heterocycles. The van der Waals surface area contributed by atoms with Crippen LogP contribution >= 0.6 is 11.6 Å². The topological polar surface area (TPSA) is 76.0 Å². The summed E-state index contributed by atoms with van der Waals surface area (Å²) in [5.74, 6) is -1.54. The van der Waals surface area contributed by atoms with E-state index < -0.39 is 29.7 Å². The number of alkyl halides is 6. The second kappa shape index (κ2) is 9.23. The minimum absolute atomic E-state index is 0.0298. The molecule has 184 valence electrons. The first-order valence-electron chi connectivity index (χ1n) is 9.96. The molecule has 0 bridgehead atoms. The summed E-state index contributed by atoms with van der Waals surface area (Å²) in [5.41, 5.74) is -1.78. The van der Waals surface area contributed by atoms with Gasteiger partial charge in [-0.3, -0.25) is 4.98 Å². The normalized spacial score (nSPS) is 12.0. The van der Waals surface area contributed by atoms with Gasteiger partial charge in [0.2, 0.25) is 0 Å². The summed E-state index contributed by atoms with van der Waals surface area (Å²) in [6, 6.07) is 12.5. The van der Waals surface area contributed by atoms with E-state index in [1.807, 2.05) is 0 Å². The van der Waals surface area contributed by atoms with Crippen LogP contribution in [-0.4, -0.2) is 26.0 Å². The Bertz CT molecular complexity index is 1450. The lowest BCUT2D eigenvalue weighted by Crippen LogP contribution is -2.11. The first-order valence-corrected chi connectivity index (χ1v) is 10.3. The Balaban J connectivity index is 1.80. The van der Waals surface area contributed by atoms with E-state index in [1.165, 1.54) is 36.4 Å². The van der Waals surface area contributed by atoms with Crippen molar-refractivity contribution in [2.24, 2.45) is 0 Å². The van der Waals surface area contributed by atoms with Crippen LogP contribution in [0, 0.1) is 0 Å². The lowest BCUT2D eigenvalue weighted by molar-refractivity contribution is -0.141. The van der Waals surface area contributed by atoms with Crippen LogP contribution in [0.2, 0.25) is 5.02 Å². The molecule has 0 spiro atoms. The number of nitrogens with zero attached hydrogens (tertiary/aromatic N) is 3. The standard InChI is InChI=1S/C24H12ClF6N3O2/c25-17-9-13(4-6-16(17)22(35)36)12-2-1-3-14(8-12)21-33-18(10-20(34-21)24(29,30)31)15-5-7-19(32-11-15)23(26,27)28/h1-11H,(H,35,36). The van der Waals surface area contributed by atoms with Gasteiger partial charge in [0.05, 0.1) is 16.3 Å². The summed E-state index contributed by atoms with van der Waals surface area (Å²) in [4.78, 5) is 22.2. The van der Waals surface area contributed by atoms with Crippen molar-refractivity contribution >= 4 is 17.6 Å². The highest BCUT2D eigenvalue weighted by Gasteiger charge is 2.35. The Hall–Kier alpha value is -3.99. The number of hydrogen-bond donors (Lipinski definition) is 1. The number of aromatic nitrogens is 3. The molecule has 2 heterocycles. The number of pyridine rings is 1. The third-order valence-electron chi connectivity index (χ3n) is 5.02. The van der Waals surface area contributed by atoms with Crippen LogP contribution in [0.4, 0.5) is 26.3 Å². The van der Waals surface area contributed by atoms with Gasteiger partial charge >= 0.3 is 18.3 Å². The lowest BCUT2D eigenvalue weighted by Gasteiger charge is -2.12. The first-order chi connectivity index (χ1) is 16.8. The fraction of sp³-hybridized carbons (Fsp3) is 0.0833. The number of benzene rings is 2. The zero-order valence-corrected chi connectivity index (χ0v) is 18.4. The molecule has 2 aromatic carbocycles. The summed E-state index contributed by atoms with van der Waals surface area (Å²) < 4.78 is 79.2. The Labute approximate surface area is 204 Å². The van der Waals surface area contributed by atoms with Crippen molar-refractivity contribution in [3.8, 4) is 33.8 Å². The second-order valence-corrected chi connectivity index (χ2v) is 7.88.